The van der Waals surface area contributed by atoms with Crippen LogP contribution in [-0.2, 0) is 4.79 Å². The van der Waals surface area contributed by atoms with E-state index in [-0.39, 0.29) is 12.5 Å². The zero-order valence-electron chi connectivity index (χ0n) is 9.90. The highest BCUT2D eigenvalue weighted by Gasteiger charge is 2.04. The van der Waals surface area contributed by atoms with Gasteiger partial charge in [-0.25, -0.2) is 0 Å². The smallest absolute Gasteiger partial charge is 0.262 e. The number of hydrogen-bond acceptors (Lipinski definition) is 2. The summed E-state index contributed by atoms with van der Waals surface area (Å²) in [5.74, 6) is 0.508. The van der Waals surface area contributed by atoms with Crippen LogP contribution >= 0.6 is 38.5 Å². The zero-order valence-corrected chi connectivity index (χ0v) is 13.6. The van der Waals surface area contributed by atoms with Gasteiger partial charge in [0.2, 0.25) is 0 Å². The van der Waals surface area contributed by atoms with Gasteiger partial charge in [0.15, 0.2) is 6.61 Å². The van der Waals surface area contributed by atoms with Crippen LogP contribution in [0.2, 0.25) is 0 Å². The number of carbonyl (C=O) groups excluding carboxylic acids is 1. The molecule has 2 rings (SSSR count). The van der Waals surface area contributed by atoms with Crippen LogP contribution in [0.4, 0.5) is 5.69 Å². The molecule has 0 saturated heterocycles. The predicted octanol–water partition coefficient (Wildman–Crippen LogP) is 4.07. The van der Waals surface area contributed by atoms with Gasteiger partial charge in [0, 0.05) is 13.7 Å². The van der Waals surface area contributed by atoms with Gasteiger partial charge in [0.1, 0.15) is 5.75 Å². The summed E-state index contributed by atoms with van der Waals surface area (Å²) in [6, 6.07) is 15.0. The summed E-state index contributed by atoms with van der Waals surface area (Å²) in [7, 11) is 0. The topological polar surface area (TPSA) is 38.3 Å². The minimum Gasteiger partial charge on any atom is -0.484 e. The molecular formula is C14H11BrINO2. The first-order valence-corrected chi connectivity index (χ1v) is 7.44. The van der Waals surface area contributed by atoms with Crippen LogP contribution in [0.5, 0.6) is 5.75 Å². The van der Waals surface area contributed by atoms with Gasteiger partial charge in [-0.05, 0) is 59.0 Å². The predicted molar refractivity (Wildman–Crippen MR) is 87.4 cm³/mol. The van der Waals surface area contributed by atoms with Crippen molar-refractivity contribution in [2.45, 2.75) is 0 Å². The van der Waals surface area contributed by atoms with Gasteiger partial charge in [-0.15, -0.1) is 0 Å². The molecule has 0 aliphatic heterocycles. The number of amides is 1. The summed E-state index contributed by atoms with van der Waals surface area (Å²) < 4.78 is 7.41. The Bertz CT molecular complexity index is 589. The first-order valence-electron chi connectivity index (χ1n) is 5.57. The number of anilines is 1. The first kappa shape index (κ1) is 14.3. The molecule has 1 N–H and O–H groups in total. The Balaban J connectivity index is 1.88. The molecule has 0 radical (unpaired) electrons. The second kappa shape index (κ2) is 6.91. The number of nitrogens with one attached hydrogen (secondary N) is 1. The molecule has 98 valence electrons. The second-order valence-electron chi connectivity index (χ2n) is 3.80. The maximum Gasteiger partial charge on any atom is 0.262 e. The number of halogens is 2. The molecule has 0 fully saturated rings. The monoisotopic (exact) mass is 431 g/mol. The van der Waals surface area contributed by atoms with Crippen molar-refractivity contribution in [3.05, 3.63) is 56.6 Å². The first-order chi connectivity index (χ1) is 9.13. The number of hydrogen-bond donors (Lipinski definition) is 1. The summed E-state index contributed by atoms with van der Waals surface area (Å²) in [4.78, 5) is 11.7. The van der Waals surface area contributed by atoms with E-state index in [0.29, 0.717) is 5.75 Å². The Hall–Kier alpha value is -1.08. The van der Waals surface area contributed by atoms with Gasteiger partial charge in [0.25, 0.3) is 5.91 Å². The molecule has 0 atom stereocenters. The Morgan fingerprint density at radius 2 is 2.00 bits per heavy atom. The summed E-state index contributed by atoms with van der Waals surface area (Å²) in [6.45, 7) is -0.00733. The molecule has 0 heterocycles. The van der Waals surface area contributed by atoms with Gasteiger partial charge < -0.3 is 10.1 Å². The van der Waals surface area contributed by atoms with E-state index >= 15 is 0 Å². The van der Waals surface area contributed by atoms with E-state index in [1.54, 1.807) is 0 Å². The minimum absolute atomic E-state index is 0.00733. The Labute approximate surface area is 133 Å². The maximum absolute atomic E-state index is 11.7. The minimum atomic E-state index is -0.183. The van der Waals surface area contributed by atoms with E-state index in [1.807, 2.05) is 48.5 Å². The average molecular weight is 432 g/mol. The molecule has 2 aromatic carbocycles. The fourth-order valence-electron chi connectivity index (χ4n) is 1.47. The average Bonchev–Trinajstić information content (AvgIpc) is 2.36. The molecule has 0 aliphatic rings. The summed E-state index contributed by atoms with van der Waals surface area (Å²) in [6.07, 6.45) is 0. The van der Waals surface area contributed by atoms with E-state index in [2.05, 4.69) is 43.8 Å². The molecule has 2 aromatic rings. The van der Waals surface area contributed by atoms with E-state index in [1.165, 1.54) is 0 Å². The molecule has 19 heavy (non-hydrogen) atoms. The molecule has 0 spiro atoms. The Morgan fingerprint density at radius 1 is 1.21 bits per heavy atom. The highest BCUT2D eigenvalue weighted by molar-refractivity contribution is 14.1. The van der Waals surface area contributed by atoms with Crippen LogP contribution in [0.15, 0.2) is 53.0 Å². The van der Waals surface area contributed by atoms with E-state index in [0.717, 1.165) is 13.7 Å². The number of ether oxygens (including phenoxy) is 1. The lowest BCUT2D eigenvalue weighted by Crippen LogP contribution is -2.20. The van der Waals surface area contributed by atoms with Crippen molar-refractivity contribution in [1.29, 1.82) is 0 Å². The third kappa shape index (κ3) is 4.83. The quantitative estimate of drug-likeness (QED) is 0.741. The van der Waals surface area contributed by atoms with Crippen molar-refractivity contribution < 1.29 is 9.53 Å². The lowest BCUT2D eigenvalue weighted by atomic mass is 10.3. The van der Waals surface area contributed by atoms with Crippen molar-refractivity contribution in [3.8, 4) is 5.75 Å². The highest BCUT2D eigenvalue weighted by Crippen LogP contribution is 2.16. The molecule has 0 aromatic heterocycles. The third-order valence-corrected chi connectivity index (χ3v) is 3.44. The van der Waals surface area contributed by atoms with Crippen LogP contribution in [0.3, 0.4) is 0 Å². The molecular weight excluding hydrogens is 421 g/mol. The van der Waals surface area contributed by atoms with E-state index in [9.17, 15) is 4.79 Å². The zero-order chi connectivity index (χ0) is 13.7. The number of benzene rings is 2. The molecule has 3 nitrogen and oxygen atoms in total. The lowest BCUT2D eigenvalue weighted by molar-refractivity contribution is -0.118. The molecule has 0 aliphatic carbocycles. The Kier molecular flexibility index (Phi) is 5.21. The normalized spacial score (nSPS) is 10.0. The van der Waals surface area contributed by atoms with Crippen LogP contribution < -0.4 is 10.1 Å². The number of carbonyl (C=O) groups is 1. The lowest BCUT2D eigenvalue weighted by Gasteiger charge is -2.08. The van der Waals surface area contributed by atoms with Crippen molar-refractivity contribution in [3.63, 3.8) is 0 Å². The van der Waals surface area contributed by atoms with Gasteiger partial charge >= 0.3 is 0 Å². The number of rotatable bonds is 4. The van der Waals surface area contributed by atoms with E-state index < -0.39 is 0 Å². The van der Waals surface area contributed by atoms with Crippen LogP contribution in [0.25, 0.3) is 0 Å². The fourth-order valence-corrected chi connectivity index (χ4v) is 2.38. The van der Waals surface area contributed by atoms with Gasteiger partial charge in [-0.1, -0.05) is 28.1 Å². The van der Waals surface area contributed by atoms with Crippen LogP contribution in [0.1, 0.15) is 0 Å². The van der Waals surface area contributed by atoms with E-state index in [4.69, 9.17) is 4.74 Å². The maximum atomic E-state index is 11.7. The summed E-state index contributed by atoms with van der Waals surface area (Å²) >= 11 is 5.55. The van der Waals surface area contributed by atoms with Crippen molar-refractivity contribution >= 4 is 50.1 Å². The second-order valence-corrected chi connectivity index (χ2v) is 5.97. The fraction of sp³-hybridized carbons (Fsp3) is 0.0714. The summed E-state index contributed by atoms with van der Waals surface area (Å²) in [5, 5.41) is 2.77. The van der Waals surface area contributed by atoms with Crippen molar-refractivity contribution in [2.24, 2.45) is 0 Å². The van der Waals surface area contributed by atoms with Gasteiger partial charge in [-0.2, -0.15) is 0 Å². The van der Waals surface area contributed by atoms with Gasteiger partial charge in [-0.3, -0.25) is 4.79 Å². The third-order valence-electron chi connectivity index (χ3n) is 2.27. The van der Waals surface area contributed by atoms with Crippen LogP contribution in [0, 0.1) is 3.57 Å². The molecule has 0 saturated carbocycles. The van der Waals surface area contributed by atoms with Crippen molar-refractivity contribution in [1.82, 2.24) is 0 Å². The van der Waals surface area contributed by atoms with Gasteiger partial charge in [0.05, 0.1) is 0 Å². The Morgan fingerprint density at radius 3 is 2.74 bits per heavy atom. The molecule has 0 unspecified atom stereocenters. The summed E-state index contributed by atoms with van der Waals surface area (Å²) in [5.41, 5.74) is 0.741. The molecule has 0 bridgehead atoms. The highest BCUT2D eigenvalue weighted by atomic mass is 127. The largest absolute Gasteiger partial charge is 0.484 e. The standard InChI is InChI=1S/C14H11BrINO2/c15-10-3-1-5-12(7-10)17-14(18)9-19-13-6-2-4-11(16)8-13/h1-8H,9H2,(H,17,18). The molecule has 1 amide bonds. The van der Waals surface area contributed by atoms with Crippen LogP contribution in [-0.4, -0.2) is 12.5 Å². The van der Waals surface area contributed by atoms with Crippen molar-refractivity contribution in [2.75, 3.05) is 11.9 Å². The SMILES string of the molecule is O=C(COc1cccc(I)c1)Nc1cccc(Br)c1. The molecule has 5 heteroatoms.